The van der Waals surface area contributed by atoms with E-state index >= 15 is 0 Å². The van der Waals surface area contributed by atoms with Gasteiger partial charge in [0.25, 0.3) is 5.91 Å². The number of esters is 2. The first-order valence-corrected chi connectivity index (χ1v) is 8.39. The molecule has 1 heterocycles. The highest BCUT2D eigenvalue weighted by molar-refractivity contribution is 6.10. The molecule has 0 saturated carbocycles. The van der Waals surface area contributed by atoms with Crippen LogP contribution in [0.5, 0.6) is 0 Å². The Bertz CT molecular complexity index is 961. The smallest absolute Gasteiger partial charge is 0.344 e. The molecule has 0 aliphatic rings. The van der Waals surface area contributed by atoms with Crippen LogP contribution in [0, 0.1) is 18.6 Å². The molecule has 0 saturated heterocycles. The third-order valence-corrected chi connectivity index (χ3v) is 3.67. The van der Waals surface area contributed by atoms with E-state index in [2.05, 4.69) is 10.1 Å². The van der Waals surface area contributed by atoms with Crippen molar-refractivity contribution < 1.29 is 41.8 Å². The van der Waals surface area contributed by atoms with Crippen LogP contribution in [0.15, 0.2) is 22.6 Å². The number of ether oxygens (including phenoxy) is 2. The Kier molecular flexibility index (Phi) is 6.81. The lowest BCUT2D eigenvalue weighted by Gasteiger charge is -2.08. The predicted molar refractivity (Wildman–Crippen MR) is 94.7 cm³/mol. The van der Waals surface area contributed by atoms with Crippen LogP contribution in [0.25, 0.3) is 0 Å². The minimum atomic E-state index is -1.39. The number of halogens is 2. The highest BCUT2D eigenvalue weighted by atomic mass is 19.1. The van der Waals surface area contributed by atoms with Gasteiger partial charge in [-0.3, -0.25) is 14.9 Å². The van der Waals surface area contributed by atoms with E-state index in [1.807, 2.05) is 0 Å². The first-order valence-electron chi connectivity index (χ1n) is 8.39. The normalized spacial score (nSPS) is 10.4. The summed E-state index contributed by atoms with van der Waals surface area (Å²) in [5, 5.41) is 2.18. The Morgan fingerprint density at radius 1 is 1.00 bits per heavy atom. The molecular formula is C19H17F2NO7. The van der Waals surface area contributed by atoms with Crippen molar-refractivity contribution in [3.63, 3.8) is 0 Å². The van der Waals surface area contributed by atoms with E-state index in [4.69, 9.17) is 9.15 Å². The Morgan fingerprint density at radius 3 is 2.14 bits per heavy atom. The molecule has 8 nitrogen and oxygen atoms in total. The van der Waals surface area contributed by atoms with E-state index in [1.165, 1.54) is 13.8 Å². The molecule has 0 aliphatic heterocycles. The molecule has 0 radical (unpaired) electrons. The van der Waals surface area contributed by atoms with Crippen molar-refractivity contribution >= 4 is 29.5 Å². The fourth-order valence-corrected chi connectivity index (χ4v) is 2.51. The summed E-state index contributed by atoms with van der Waals surface area (Å²) in [6.45, 7) is 3.26. The largest absolute Gasteiger partial charge is 0.462 e. The van der Waals surface area contributed by atoms with Crippen molar-refractivity contribution in [1.29, 1.82) is 0 Å². The number of benzene rings is 1. The minimum Gasteiger partial charge on any atom is -0.462 e. The van der Waals surface area contributed by atoms with Gasteiger partial charge in [-0.25, -0.2) is 18.4 Å². The van der Waals surface area contributed by atoms with Crippen LogP contribution in [0.1, 0.15) is 50.7 Å². The highest BCUT2D eigenvalue weighted by Gasteiger charge is 2.29. The van der Waals surface area contributed by atoms with E-state index in [9.17, 15) is 28.0 Å². The second-order valence-corrected chi connectivity index (χ2v) is 5.73. The number of Topliss-reactive ketones (excluding diaryl/α,β-unsaturated/α-hetero) is 1. The second-order valence-electron chi connectivity index (χ2n) is 5.73. The number of ketones is 1. The quantitative estimate of drug-likeness (QED) is 0.553. The maximum Gasteiger partial charge on any atom is 0.344 e. The zero-order chi connectivity index (χ0) is 21.7. The summed E-state index contributed by atoms with van der Waals surface area (Å²) < 4.78 is 41.9. The molecule has 10 heteroatoms. The van der Waals surface area contributed by atoms with Crippen LogP contribution in [0.2, 0.25) is 0 Å². The van der Waals surface area contributed by atoms with Crippen molar-refractivity contribution in [3.05, 3.63) is 52.3 Å². The van der Waals surface area contributed by atoms with Crippen molar-refractivity contribution in [2.75, 3.05) is 18.5 Å². The molecule has 154 valence electrons. The molecule has 1 N–H and O–H groups in total. The molecule has 0 fully saturated rings. The number of carbonyl (C=O) groups is 4. The third-order valence-electron chi connectivity index (χ3n) is 3.67. The highest BCUT2D eigenvalue weighted by Crippen LogP contribution is 2.28. The number of hydrogen-bond acceptors (Lipinski definition) is 7. The average Bonchev–Trinajstić information content (AvgIpc) is 2.96. The van der Waals surface area contributed by atoms with Gasteiger partial charge in [0.1, 0.15) is 28.5 Å². The van der Waals surface area contributed by atoms with Gasteiger partial charge in [-0.2, -0.15) is 0 Å². The number of nitrogens with one attached hydrogen (secondary N) is 1. The first-order chi connectivity index (χ1) is 13.7. The van der Waals surface area contributed by atoms with Gasteiger partial charge in [-0.15, -0.1) is 0 Å². The van der Waals surface area contributed by atoms with E-state index in [-0.39, 0.29) is 29.4 Å². The van der Waals surface area contributed by atoms with Gasteiger partial charge < -0.3 is 13.9 Å². The van der Waals surface area contributed by atoms with Crippen molar-refractivity contribution in [2.45, 2.75) is 20.8 Å². The van der Waals surface area contributed by atoms with Gasteiger partial charge in [-0.05, 0) is 32.9 Å². The van der Waals surface area contributed by atoms with E-state index in [0.717, 1.165) is 18.2 Å². The van der Waals surface area contributed by atoms with Crippen LogP contribution in [0.3, 0.4) is 0 Å². The number of furan rings is 1. The average molecular weight is 409 g/mol. The number of anilines is 1. The van der Waals surface area contributed by atoms with Crippen molar-refractivity contribution in [2.24, 2.45) is 0 Å². The van der Waals surface area contributed by atoms with Crippen molar-refractivity contribution in [3.8, 4) is 0 Å². The monoisotopic (exact) mass is 409 g/mol. The summed E-state index contributed by atoms with van der Waals surface area (Å²) in [7, 11) is 0. The first kappa shape index (κ1) is 21.7. The fraction of sp³-hybridized carbons (Fsp3) is 0.263. The molecule has 2 aromatic rings. The summed E-state index contributed by atoms with van der Waals surface area (Å²) in [6, 6.07) is 2.79. The predicted octanol–water partition coefficient (Wildman–Crippen LogP) is 3.04. The summed E-state index contributed by atoms with van der Waals surface area (Å²) in [4.78, 5) is 47.9. The number of amides is 1. The van der Waals surface area contributed by atoms with Gasteiger partial charge in [-0.1, -0.05) is 6.07 Å². The zero-order valence-corrected chi connectivity index (χ0v) is 15.8. The van der Waals surface area contributed by atoms with E-state index in [0.29, 0.717) is 0 Å². The van der Waals surface area contributed by atoms with Gasteiger partial charge in [0, 0.05) is 0 Å². The Balaban J connectivity index is 2.17. The molecular weight excluding hydrogens is 392 g/mol. The van der Waals surface area contributed by atoms with Crippen LogP contribution in [-0.4, -0.2) is 36.8 Å². The standard InChI is InChI=1S/C19H17F2NO7/c1-4-27-19(26)16-14(9(2)23)10(3)29-17(16)22-13(24)8-28-18(25)15-11(20)6-5-7-12(15)21/h5-7H,4,8H2,1-3H3,(H,22,24). The van der Waals surface area contributed by atoms with Crippen molar-refractivity contribution in [1.82, 2.24) is 0 Å². The summed E-state index contributed by atoms with van der Waals surface area (Å²) in [6.07, 6.45) is 0. The summed E-state index contributed by atoms with van der Waals surface area (Å²) >= 11 is 0. The number of rotatable bonds is 7. The lowest BCUT2D eigenvalue weighted by Crippen LogP contribution is -2.23. The molecule has 0 unspecified atom stereocenters. The summed E-state index contributed by atoms with van der Waals surface area (Å²) in [5.74, 6) is -6.33. The van der Waals surface area contributed by atoms with E-state index in [1.54, 1.807) is 6.92 Å². The molecule has 29 heavy (non-hydrogen) atoms. The third kappa shape index (κ3) is 4.84. The SMILES string of the molecule is CCOC(=O)c1c(NC(=O)COC(=O)c2c(F)cccc2F)oc(C)c1C(C)=O. The fourth-order valence-electron chi connectivity index (χ4n) is 2.51. The molecule has 1 amide bonds. The van der Waals surface area contributed by atoms with Crippen LogP contribution < -0.4 is 5.32 Å². The molecule has 0 bridgehead atoms. The maximum atomic E-state index is 13.6. The number of hydrogen-bond donors (Lipinski definition) is 1. The van der Waals surface area contributed by atoms with Crippen LogP contribution in [0.4, 0.5) is 14.7 Å². The zero-order valence-electron chi connectivity index (χ0n) is 15.8. The summed E-state index contributed by atoms with van der Waals surface area (Å²) in [5.41, 5.74) is -1.29. The number of carbonyl (C=O) groups excluding carboxylic acids is 4. The molecule has 1 aromatic carbocycles. The lowest BCUT2D eigenvalue weighted by molar-refractivity contribution is -0.119. The maximum absolute atomic E-state index is 13.6. The Labute approximate surface area is 163 Å². The molecule has 0 atom stereocenters. The molecule has 2 rings (SSSR count). The van der Waals surface area contributed by atoms with E-state index < -0.39 is 47.4 Å². The molecule has 0 spiro atoms. The van der Waals surface area contributed by atoms with Crippen LogP contribution in [-0.2, 0) is 14.3 Å². The van der Waals surface area contributed by atoms with Gasteiger partial charge >= 0.3 is 11.9 Å². The minimum absolute atomic E-state index is 0.0135. The van der Waals surface area contributed by atoms with Gasteiger partial charge in [0.2, 0.25) is 5.88 Å². The van der Waals surface area contributed by atoms with Gasteiger partial charge in [0.15, 0.2) is 12.4 Å². The lowest BCUT2D eigenvalue weighted by atomic mass is 10.1. The Morgan fingerprint density at radius 2 is 1.59 bits per heavy atom. The molecule has 1 aromatic heterocycles. The topological polar surface area (TPSA) is 112 Å². The Hall–Kier alpha value is -3.56. The molecule has 0 aliphatic carbocycles. The van der Waals surface area contributed by atoms with Crippen LogP contribution >= 0.6 is 0 Å². The second kappa shape index (κ2) is 9.09. The van der Waals surface area contributed by atoms with Gasteiger partial charge in [0.05, 0.1) is 12.2 Å². The number of aryl methyl sites for hydroxylation is 1.